The van der Waals surface area contributed by atoms with Crippen LogP contribution in [0.15, 0.2) is 48.5 Å². The molecule has 0 unspecified atom stereocenters. The highest BCUT2D eigenvalue weighted by molar-refractivity contribution is 6.31. The predicted octanol–water partition coefficient (Wildman–Crippen LogP) is 2.80. The normalized spacial score (nSPS) is 14.9. The lowest BCUT2D eigenvalue weighted by atomic mass is 10.2. The lowest BCUT2D eigenvalue weighted by Gasteiger charge is -2.35. The second-order valence-electron chi connectivity index (χ2n) is 6.17. The number of nitrogens with one attached hydrogen (secondary N) is 1. The minimum absolute atomic E-state index is 0.0856. The molecule has 3 rings (SSSR count). The van der Waals surface area contributed by atoms with Gasteiger partial charge in [0.15, 0.2) is 0 Å². The average molecular weight is 374 g/mol. The molecule has 1 fully saturated rings. The Morgan fingerprint density at radius 1 is 1.04 bits per heavy atom. The molecule has 0 spiro atoms. The minimum atomic E-state index is -0.793. The van der Waals surface area contributed by atoms with Crippen molar-refractivity contribution in [3.8, 4) is 0 Å². The summed E-state index contributed by atoms with van der Waals surface area (Å²) in [6, 6.07) is 14.4. The largest absolute Gasteiger partial charge is 0.480 e. The molecule has 1 heterocycles. The maximum Gasteiger partial charge on any atom is 0.317 e. The zero-order chi connectivity index (χ0) is 18.5. The van der Waals surface area contributed by atoms with Crippen molar-refractivity contribution in [2.45, 2.75) is 0 Å². The van der Waals surface area contributed by atoms with Gasteiger partial charge in [0, 0.05) is 48.1 Å². The fraction of sp³-hybridized carbons (Fsp3) is 0.263. The highest BCUT2D eigenvalue weighted by Gasteiger charge is 2.18. The number of anilines is 2. The van der Waals surface area contributed by atoms with E-state index in [-0.39, 0.29) is 12.5 Å². The SMILES string of the molecule is O=C(O)CN1CCN(c2ccc(NC(=O)c3cccc(Cl)c3)cc2)CC1. The first-order chi connectivity index (χ1) is 12.5. The van der Waals surface area contributed by atoms with Crippen LogP contribution >= 0.6 is 11.6 Å². The van der Waals surface area contributed by atoms with Crippen LogP contribution in [0.4, 0.5) is 11.4 Å². The minimum Gasteiger partial charge on any atom is -0.480 e. The van der Waals surface area contributed by atoms with E-state index in [9.17, 15) is 9.59 Å². The molecular formula is C19H20ClN3O3. The number of hydrogen-bond acceptors (Lipinski definition) is 4. The number of carboxylic acids is 1. The molecular weight excluding hydrogens is 354 g/mol. The lowest BCUT2D eigenvalue weighted by Crippen LogP contribution is -2.47. The van der Waals surface area contributed by atoms with E-state index >= 15 is 0 Å². The van der Waals surface area contributed by atoms with Gasteiger partial charge in [0.1, 0.15) is 0 Å². The average Bonchev–Trinajstić information content (AvgIpc) is 2.62. The molecule has 2 aromatic carbocycles. The molecule has 0 atom stereocenters. The van der Waals surface area contributed by atoms with Crippen LogP contribution in [-0.2, 0) is 4.79 Å². The Balaban J connectivity index is 1.57. The van der Waals surface area contributed by atoms with E-state index in [0.29, 0.717) is 16.3 Å². The van der Waals surface area contributed by atoms with E-state index in [1.807, 2.05) is 29.2 Å². The third kappa shape index (κ3) is 4.74. The van der Waals surface area contributed by atoms with Crippen LogP contribution in [-0.4, -0.2) is 54.6 Å². The van der Waals surface area contributed by atoms with Crippen molar-refractivity contribution in [2.75, 3.05) is 42.9 Å². The number of carbonyl (C=O) groups is 2. The number of rotatable bonds is 5. The quantitative estimate of drug-likeness (QED) is 0.843. The summed E-state index contributed by atoms with van der Waals surface area (Å²) in [6.45, 7) is 3.09. The van der Waals surface area contributed by atoms with Gasteiger partial charge in [-0.1, -0.05) is 17.7 Å². The molecule has 26 heavy (non-hydrogen) atoms. The lowest BCUT2D eigenvalue weighted by molar-refractivity contribution is -0.138. The number of halogens is 1. The second kappa shape index (κ2) is 8.21. The number of amides is 1. The van der Waals surface area contributed by atoms with Crippen molar-refractivity contribution in [3.63, 3.8) is 0 Å². The fourth-order valence-corrected chi connectivity index (χ4v) is 3.13. The van der Waals surface area contributed by atoms with Crippen LogP contribution < -0.4 is 10.2 Å². The smallest absolute Gasteiger partial charge is 0.317 e. The third-order valence-electron chi connectivity index (χ3n) is 4.31. The monoisotopic (exact) mass is 373 g/mol. The summed E-state index contributed by atoms with van der Waals surface area (Å²) in [4.78, 5) is 27.2. The van der Waals surface area contributed by atoms with Gasteiger partial charge in [-0.3, -0.25) is 14.5 Å². The van der Waals surface area contributed by atoms with Crippen molar-refractivity contribution in [1.82, 2.24) is 4.90 Å². The molecule has 7 heteroatoms. The van der Waals surface area contributed by atoms with Crippen LogP contribution in [0.5, 0.6) is 0 Å². The molecule has 2 N–H and O–H groups in total. The second-order valence-corrected chi connectivity index (χ2v) is 6.60. The molecule has 0 radical (unpaired) electrons. The van der Waals surface area contributed by atoms with Crippen molar-refractivity contribution in [2.24, 2.45) is 0 Å². The summed E-state index contributed by atoms with van der Waals surface area (Å²) in [7, 11) is 0. The van der Waals surface area contributed by atoms with Gasteiger partial charge < -0.3 is 15.3 Å². The third-order valence-corrected chi connectivity index (χ3v) is 4.54. The van der Waals surface area contributed by atoms with Crippen LogP contribution in [0.2, 0.25) is 5.02 Å². The van der Waals surface area contributed by atoms with Crippen LogP contribution in [0.1, 0.15) is 10.4 Å². The summed E-state index contributed by atoms with van der Waals surface area (Å²) in [5, 5.41) is 12.2. The molecule has 1 saturated heterocycles. The zero-order valence-corrected chi connectivity index (χ0v) is 14.9. The first-order valence-electron chi connectivity index (χ1n) is 8.37. The molecule has 0 aromatic heterocycles. The van der Waals surface area contributed by atoms with Gasteiger partial charge in [0.2, 0.25) is 0 Å². The topological polar surface area (TPSA) is 72.9 Å². The van der Waals surface area contributed by atoms with E-state index in [2.05, 4.69) is 10.2 Å². The van der Waals surface area contributed by atoms with E-state index < -0.39 is 5.97 Å². The molecule has 1 aliphatic heterocycles. The highest BCUT2D eigenvalue weighted by atomic mass is 35.5. The number of carbonyl (C=O) groups excluding carboxylic acids is 1. The van der Waals surface area contributed by atoms with Gasteiger partial charge in [0.05, 0.1) is 6.54 Å². The predicted molar refractivity (Wildman–Crippen MR) is 102 cm³/mol. The Hall–Kier alpha value is -2.57. The maximum absolute atomic E-state index is 12.2. The number of benzene rings is 2. The van der Waals surface area contributed by atoms with Gasteiger partial charge in [-0.15, -0.1) is 0 Å². The molecule has 136 valence electrons. The van der Waals surface area contributed by atoms with E-state index in [0.717, 1.165) is 31.9 Å². The van der Waals surface area contributed by atoms with Gasteiger partial charge in [0.25, 0.3) is 5.91 Å². The number of piperazine rings is 1. The zero-order valence-electron chi connectivity index (χ0n) is 14.2. The van der Waals surface area contributed by atoms with Crippen molar-refractivity contribution in [1.29, 1.82) is 0 Å². The Morgan fingerprint density at radius 2 is 1.73 bits per heavy atom. The summed E-state index contributed by atoms with van der Waals surface area (Å²) in [6.07, 6.45) is 0. The number of carboxylic acid groups (broad SMARTS) is 1. The molecule has 6 nitrogen and oxygen atoms in total. The van der Waals surface area contributed by atoms with E-state index in [1.54, 1.807) is 24.3 Å². The van der Waals surface area contributed by atoms with E-state index in [4.69, 9.17) is 16.7 Å². The Kier molecular flexibility index (Phi) is 5.75. The van der Waals surface area contributed by atoms with E-state index in [1.165, 1.54) is 0 Å². The first kappa shape index (κ1) is 18.2. The number of hydrogen-bond donors (Lipinski definition) is 2. The molecule has 2 aromatic rings. The highest BCUT2D eigenvalue weighted by Crippen LogP contribution is 2.20. The number of aliphatic carboxylic acids is 1. The summed E-state index contributed by atoms with van der Waals surface area (Å²) in [5.41, 5.74) is 2.28. The van der Waals surface area contributed by atoms with Crippen LogP contribution in [0.3, 0.4) is 0 Å². The van der Waals surface area contributed by atoms with Crippen molar-refractivity contribution in [3.05, 3.63) is 59.1 Å². The van der Waals surface area contributed by atoms with Gasteiger partial charge in [-0.05, 0) is 42.5 Å². The van der Waals surface area contributed by atoms with Crippen molar-refractivity contribution < 1.29 is 14.7 Å². The fourth-order valence-electron chi connectivity index (χ4n) is 2.94. The maximum atomic E-state index is 12.2. The van der Waals surface area contributed by atoms with Crippen molar-refractivity contribution >= 4 is 34.9 Å². The Morgan fingerprint density at radius 3 is 2.35 bits per heavy atom. The first-order valence-corrected chi connectivity index (χ1v) is 8.75. The van der Waals surface area contributed by atoms with Crippen LogP contribution in [0, 0.1) is 0 Å². The summed E-state index contributed by atoms with van der Waals surface area (Å²) < 4.78 is 0. The molecule has 0 saturated carbocycles. The molecule has 0 aliphatic carbocycles. The molecule has 1 amide bonds. The molecule has 1 aliphatic rings. The summed E-state index contributed by atoms with van der Waals surface area (Å²) >= 11 is 5.92. The van der Waals surface area contributed by atoms with Gasteiger partial charge in [-0.25, -0.2) is 0 Å². The molecule has 0 bridgehead atoms. The number of nitrogens with zero attached hydrogens (tertiary/aromatic N) is 2. The van der Waals surface area contributed by atoms with Crippen LogP contribution in [0.25, 0.3) is 0 Å². The van der Waals surface area contributed by atoms with Gasteiger partial charge in [-0.2, -0.15) is 0 Å². The summed E-state index contributed by atoms with van der Waals surface area (Å²) in [5.74, 6) is -0.999. The Labute approximate surface area is 157 Å². The standard InChI is InChI=1S/C19H20ClN3O3/c20-15-3-1-2-14(12-15)19(26)21-16-4-6-17(7-5-16)23-10-8-22(9-11-23)13-18(24)25/h1-7,12H,8-11,13H2,(H,21,26)(H,24,25). The Bertz CT molecular complexity index is 787. The van der Waals surface area contributed by atoms with Gasteiger partial charge >= 0.3 is 5.97 Å².